The van der Waals surface area contributed by atoms with Gasteiger partial charge in [-0.15, -0.1) is 0 Å². The van der Waals surface area contributed by atoms with Crippen molar-refractivity contribution >= 4 is 17.5 Å². The minimum absolute atomic E-state index is 0.0516. The van der Waals surface area contributed by atoms with Gasteiger partial charge < -0.3 is 10.2 Å². The number of aromatic nitrogens is 2. The van der Waals surface area contributed by atoms with Crippen LogP contribution in [0.5, 0.6) is 0 Å². The van der Waals surface area contributed by atoms with Gasteiger partial charge in [0.2, 0.25) is 0 Å². The highest BCUT2D eigenvalue weighted by Gasteiger charge is 2.26. The first kappa shape index (κ1) is 16.0. The van der Waals surface area contributed by atoms with Gasteiger partial charge in [-0.1, -0.05) is 17.7 Å². The average molecular weight is 333 g/mol. The number of nitrogens with zero attached hydrogens (tertiary/aromatic N) is 3. The normalized spacial score (nSPS) is 18.2. The topological polar surface area (TPSA) is 50.2 Å². The van der Waals surface area contributed by atoms with E-state index in [2.05, 4.69) is 10.4 Å². The maximum Gasteiger partial charge on any atom is 0.257 e. The highest BCUT2D eigenvalue weighted by Crippen LogP contribution is 2.20. The number of nitrogens with one attached hydrogen (secondary N) is 1. The number of hydrogen-bond acceptors (Lipinski definition) is 3. The maximum atomic E-state index is 12.8. The predicted molar refractivity (Wildman–Crippen MR) is 91.3 cm³/mol. The van der Waals surface area contributed by atoms with Crippen LogP contribution in [0.2, 0.25) is 5.02 Å². The molecule has 1 aliphatic rings. The smallest absolute Gasteiger partial charge is 0.257 e. The van der Waals surface area contributed by atoms with Crippen molar-refractivity contribution in [2.75, 3.05) is 20.1 Å². The zero-order valence-corrected chi connectivity index (χ0v) is 14.2. The molecule has 1 aromatic carbocycles. The lowest BCUT2D eigenvalue weighted by molar-refractivity contribution is 0.0697. The van der Waals surface area contributed by atoms with Gasteiger partial charge in [0.1, 0.15) is 0 Å². The predicted octanol–water partition coefficient (Wildman–Crippen LogP) is 2.66. The van der Waals surface area contributed by atoms with Gasteiger partial charge in [-0.05, 0) is 45.0 Å². The van der Waals surface area contributed by atoms with Crippen LogP contribution in [0.1, 0.15) is 28.9 Å². The lowest BCUT2D eigenvalue weighted by atomic mass is 10.0. The van der Waals surface area contributed by atoms with E-state index in [0.29, 0.717) is 16.6 Å². The molecule has 0 spiro atoms. The molecule has 0 saturated carbocycles. The fourth-order valence-corrected chi connectivity index (χ4v) is 3.24. The molecule has 3 rings (SSSR count). The number of likely N-dealkylation sites (N-methyl/N-ethyl adjacent to an activating group) is 1. The minimum Gasteiger partial charge on any atom is -0.337 e. The third kappa shape index (κ3) is 3.26. The standard InChI is InChI=1S/C17H21ClN4O/c1-12-16(17(23)21-8-4-6-14(11-21)19-2)10-20-22(12)15-7-3-5-13(18)9-15/h3,5,7,9-10,14,19H,4,6,8,11H2,1-2H3/t14-/m0/s1. The number of piperidine rings is 1. The van der Waals surface area contributed by atoms with E-state index in [1.807, 2.05) is 43.1 Å². The highest BCUT2D eigenvalue weighted by atomic mass is 35.5. The van der Waals surface area contributed by atoms with Crippen molar-refractivity contribution in [2.24, 2.45) is 0 Å². The summed E-state index contributed by atoms with van der Waals surface area (Å²) in [5.74, 6) is 0.0516. The highest BCUT2D eigenvalue weighted by molar-refractivity contribution is 6.30. The summed E-state index contributed by atoms with van der Waals surface area (Å²) >= 11 is 6.05. The number of likely N-dealkylation sites (tertiary alicyclic amines) is 1. The molecule has 0 radical (unpaired) electrons. The Balaban J connectivity index is 1.85. The Hall–Kier alpha value is -1.85. The number of amides is 1. The van der Waals surface area contributed by atoms with E-state index >= 15 is 0 Å². The van der Waals surface area contributed by atoms with Crippen molar-refractivity contribution in [1.82, 2.24) is 20.0 Å². The van der Waals surface area contributed by atoms with Crippen molar-refractivity contribution in [3.8, 4) is 5.69 Å². The molecule has 2 heterocycles. The molecule has 1 aliphatic heterocycles. The third-order valence-corrected chi connectivity index (χ3v) is 4.64. The number of benzene rings is 1. The van der Waals surface area contributed by atoms with Gasteiger partial charge in [0, 0.05) is 24.2 Å². The third-order valence-electron chi connectivity index (χ3n) is 4.41. The van der Waals surface area contributed by atoms with E-state index < -0.39 is 0 Å². The van der Waals surface area contributed by atoms with Gasteiger partial charge in [-0.2, -0.15) is 5.10 Å². The molecule has 1 saturated heterocycles. The van der Waals surface area contributed by atoms with Gasteiger partial charge >= 0.3 is 0 Å². The van der Waals surface area contributed by atoms with E-state index in [0.717, 1.165) is 37.3 Å². The molecule has 23 heavy (non-hydrogen) atoms. The van der Waals surface area contributed by atoms with E-state index in [1.165, 1.54) is 0 Å². The summed E-state index contributed by atoms with van der Waals surface area (Å²) in [6, 6.07) is 7.84. The number of halogens is 1. The summed E-state index contributed by atoms with van der Waals surface area (Å²) in [4.78, 5) is 14.7. The molecule has 2 aromatic rings. The molecule has 1 N–H and O–H groups in total. The fourth-order valence-electron chi connectivity index (χ4n) is 3.06. The minimum atomic E-state index is 0.0516. The second-order valence-electron chi connectivity index (χ2n) is 5.91. The van der Waals surface area contributed by atoms with Crippen LogP contribution >= 0.6 is 11.6 Å². The van der Waals surface area contributed by atoms with Gasteiger partial charge in [-0.25, -0.2) is 4.68 Å². The van der Waals surface area contributed by atoms with Gasteiger partial charge in [-0.3, -0.25) is 4.79 Å². The largest absolute Gasteiger partial charge is 0.337 e. The van der Waals surface area contributed by atoms with Crippen LogP contribution < -0.4 is 5.32 Å². The Morgan fingerprint density at radius 1 is 1.43 bits per heavy atom. The average Bonchev–Trinajstić information content (AvgIpc) is 2.96. The van der Waals surface area contributed by atoms with Crippen LogP contribution in [0, 0.1) is 6.92 Å². The summed E-state index contributed by atoms with van der Waals surface area (Å²) in [6.45, 7) is 3.47. The molecule has 1 amide bonds. The summed E-state index contributed by atoms with van der Waals surface area (Å²) in [5.41, 5.74) is 2.35. The van der Waals surface area contributed by atoms with E-state index in [4.69, 9.17) is 11.6 Å². The quantitative estimate of drug-likeness (QED) is 0.940. The molecule has 1 atom stereocenters. The first-order valence-corrected chi connectivity index (χ1v) is 8.25. The SMILES string of the molecule is CN[C@H]1CCCN(C(=O)c2cnn(-c3cccc(Cl)c3)c2C)C1. The van der Waals surface area contributed by atoms with Gasteiger partial charge in [0.25, 0.3) is 5.91 Å². The van der Waals surface area contributed by atoms with Crippen molar-refractivity contribution in [1.29, 1.82) is 0 Å². The fraction of sp³-hybridized carbons (Fsp3) is 0.412. The summed E-state index contributed by atoms with van der Waals surface area (Å²) in [6.07, 6.45) is 3.79. The van der Waals surface area contributed by atoms with Gasteiger partial charge in [0.15, 0.2) is 0 Å². The van der Waals surface area contributed by atoms with E-state index in [9.17, 15) is 4.79 Å². The van der Waals surface area contributed by atoms with Crippen LogP contribution in [0.3, 0.4) is 0 Å². The van der Waals surface area contributed by atoms with Gasteiger partial charge in [0.05, 0.1) is 23.1 Å². The van der Waals surface area contributed by atoms with Crippen LogP contribution in [0.4, 0.5) is 0 Å². The van der Waals surface area contributed by atoms with Crippen LogP contribution in [-0.4, -0.2) is 46.8 Å². The van der Waals surface area contributed by atoms with Crippen molar-refractivity contribution in [3.63, 3.8) is 0 Å². The molecule has 5 nitrogen and oxygen atoms in total. The maximum absolute atomic E-state index is 12.8. The Morgan fingerprint density at radius 2 is 2.26 bits per heavy atom. The van der Waals surface area contributed by atoms with Crippen molar-refractivity contribution in [3.05, 3.63) is 46.7 Å². The summed E-state index contributed by atoms with van der Waals surface area (Å²) < 4.78 is 1.76. The molecular formula is C17H21ClN4O. The second kappa shape index (κ2) is 6.72. The first-order valence-electron chi connectivity index (χ1n) is 7.87. The molecule has 0 unspecified atom stereocenters. The molecule has 1 aromatic heterocycles. The summed E-state index contributed by atoms with van der Waals surface area (Å²) in [5, 5.41) is 8.29. The Labute approximate surface area is 141 Å². The first-order chi connectivity index (χ1) is 11.1. The molecule has 6 heteroatoms. The molecule has 0 aliphatic carbocycles. The number of hydrogen-bond donors (Lipinski definition) is 1. The Bertz CT molecular complexity index is 712. The zero-order valence-electron chi connectivity index (χ0n) is 13.4. The zero-order chi connectivity index (χ0) is 16.4. The summed E-state index contributed by atoms with van der Waals surface area (Å²) in [7, 11) is 1.95. The number of rotatable bonds is 3. The Morgan fingerprint density at radius 3 is 3.00 bits per heavy atom. The molecule has 122 valence electrons. The lowest BCUT2D eigenvalue weighted by Gasteiger charge is -2.32. The molecule has 0 bridgehead atoms. The molecule has 1 fully saturated rings. The monoisotopic (exact) mass is 332 g/mol. The van der Waals surface area contributed by atoms with E-state index in [-0.39, 0.29) is 5.91 Å². The van der Waals surface area contributed by atoms with Crippen LogP contribution in [0.15, 0.2) is 30.5 Å². The number of carbonyl (C=O) groups excluding carboxylic acids is 1. The van der Waals surface area contributed by atoms with Crippen molar-refractivity contribution < 1.29 is 4.79 Å². The van der Waals surface area contributed by atoms with Crippen LogP contribution in [-0.2, 0) is 0 Å². The lowest BCUT2D eigenvalue weighted by Crippen LogP contribution is -2.47. The Kier molecular flexibility index (Phi) is 4.68. The van der Waals surface area contributed by atoms with E-state index in [1.54, 1.807) is 10.9 Å². The van der Waals surface area contributed by atoms with Crippen LogP contribution in [0.25, 0.3) is 5.69 Å². The van der Waals surface area contributed by atoms with Crippen molar-refractivity contribution in [2.45, 2.75) is 25.8 Å². The molecular weight excluding hydrogens is 312 g/mol. The second-order valence-corrected chi connectivity index (χ2v) is 6.35. The number of carbonyl (C=O) groups is 1.